The van der Waals surface area contributed by atoms with Crippen LogP contribution in [0.3, 0.4) is 0 Å². The molecule has 0 saturated carbocycles. The van der Waals surface area contributed by atoms with Crippen LogP contribution < -0.4 is 5.32 Å². The normalized spacial score (nSPS) is 10.4. The van der Waals surface area contributed by atoms with Crippen molar-refractivity contribution in [2.75, 3.05) is 5.32 Å². The molecule has 0 aliphatic heterocycles. The summed E-state index contributed by atoms with van der Waals surface area (Å²) in [6.07, 6.45) is 0. The zero-order chi connectivity index (χ0) is 15.4. The highest BCUT2D eigenvalue weighted by atomic mass is 16.6. The fourth-order valence-corrected chi connectivity index (χ4v) is 2.13. The highest BCUT2D eigenvalue weighted by Gasteiger charge is 2.25. The summed E-state index contributed by atoms with van der Waals surface area (Å²) in [5, 5.41) is 14.0. The molecule has 0 aromatic heterocycles. The van der Waals surface area contributed by atoms with Crippen molar-refractivity contribution in [3.05, 3.63) is 69.8 Å². The van der Waals surface area contributed by atoms with Gasteiger partial charge < -0.3 is 5.32 Å². The van der Waals surface area contributed by atoms with Crippen molar-refractivity contribution >= 4 is 17.3 Å². The van der Waals surface area contributed by atoms with Gasteiger partial charge in [-0.1, -0.05) is 44.2 Å². The number of hydrogen-bond donors (Lipinski definition) is 1. The van der Waals surface area contributed by atoms with Crippen LogP contribution in [0.2, 0.25) is 0 Å². The van der Waals surface area contributed by atoms with Gasteiger partial charge in [0.1, 0.15) is 5.56 Å². The first-order valence-electron chi connectivity index (χ1n) is 6.64. The van der Waals surface area contributed by atoms with Crippen LogP contribution in [0.25, 0.3) is 0 Å². The average molecular weight is 284 g/mol. The lowest BCUT2D eigenvalue weighted by Crippen LogP contribution is -2.15. The molecule has 0 unspecified atom stereocenters. The van der Waals surface area contributed by atoms with E-state index in [0.717, 1.165) is 0 Å². The number of nitro benzene ring substituents is 1. The summed E-state index contributed by atoms with van der Waals surface area (Å²) < 4.78 is 0. The van der Waals surface area contributed by atoms with E-state index in [1.54, 1.807) is 36.4 Å². The molecule has 2 aromatic rings. The van der Waals surface area contributed by atoms with E-state index in [1.165, 1.54) is 6.07 Å². The monoisotopic (exact) mass is 284 g/mol. The number of benzene rings is 2. The predicted molar refractivity (Wildman–Crippen MR) is 81.6 cm³/mol. The maximum Gasteiger partial charge on any atom is 0.285 e. The molecule has 0 saturated heterocycles. The minimum Gasteiger partial charge on any atom is -0.322 e. The van der Waals surface area contributed by atoms with Gasteiger partial charge >= 0.3 is 0 Å². The van der Waals surface area contributed by atoms with Crippen LogP contribution in [0.15, 0.2) is 48.5 Å². The van der Waals surface area contributed by atoms with E-state index >= 15 is 0 Å². The molecule has 0 atom stereocenters. The molecule has 0 fully saturated rings. The number of hydrogen-bond acceptors (Lipinski definition) is 3. The van der Waals surface area contributed by atoms with Gasteiger partial charge in [0.2, 0.25) is 0 Å². The molecule has 5 nitrogen and oxygen atoms in total. The number of para-hydroxylation sites is 2. The lowest BCUT2D eigenvalue weighted by atomic mass is 9.97. The van der Waals surface area contributed by atoms with Gasteiger partial charge in [0.05, 0.1) is 4.92 Å². The number of nitro groups is 1. The van der Waals surface area contributed by atoms with Crippen LogP contribution >= 0.6 is 0 Å². The van der Waals surface area contributed by atoms with Crippen LogP contribution in [0.1, 0.15) is 35.7 Å². The first-order valence-corrected chi connectivity index (χ1v) is 6.64. The Hall–Kier alpha value is -2.69. The zero-order valence-electron chi connectivity index (χ0n) is 11.9. The molecule has 5 heteroatoms. The third-order valence-electron chi connectivity index (χ3n) is 3.15. The molecule has 0 bridgehead atoms. The fraction of sp³-hybridized carbons (Fsp3) is 0.188. The SMILES string of the molecule is CC(C)c1cccc(C(=O)Nc2ccccc2)c1[N+](=O)[O-]. The van der Waals surface area contributed by atoms with Crippen molar-refractivity contribution in [3.63, 3.8) is 0 Å². The number of anilines is 1. The third kappa shape index (κ3) is 3.25. The Bertz CT molecular complexity index is 666. The summed E-state index contributed by atoms with van der Waals surface area (Å²) >= 11 is 0. The molecule has 0 aliphatic rings. The van der Waals surface area contributed by atoms with Crippen molar-refractivity contribution in [1.29, 1.82) is 0 Å². The van der Waals surface area contributed by atoms with Crippen molar-refractivity contribution in [2.24, 2.45) is 0 Å². The van der Waals surface area contributed by atoms with Gasteiger partial charge in [-0.2, -0.15) is 0 Å². The minimum absolute atomic E-state index is 0.0325. The van der Waals surface area contributed by atoms with Crippen molar-refractivity contribution in [1.82, 2.24) is 0 Å². The van der Waals surface area contributed by atoms with Gasteiger partial charge in [-0.15, -0.1) is 0 Å². The lowest BCUT2D eigenvalue weighted by molar-refractivity contribution is -0.385. The molecular formula is C16H16N2O3. The number of rotatable bonds is 4. The highest BCUT2D eigenvalue weighted by Crippen LogP contribution is 2.30. The molecule has 0 radical (unpaired) electrons. The van der Waals surface area contributed by atoms with Gasteiger partial charge in [0.15, 0.2) is 0 Å². The van der Waals surface area contributed by atoms with Crippen LogP contribution in [0.5, 0.6) is 0 Å². The summed E-state index contributed by atoms with van der Waals surface area (Å²) in [6, 6.07) is 13.7. The highest BCUT2D eigenvalue weighted by molar-refractivity contribution is 6.07. The first-order chi connectivity index (χ1) is 10.0. The number of carbonyl (C=O) groups is 1. The van der Waals surface area contributed by atoms with Crippen molar-refractivity contribution < 1.29 is 9.72 Å². The first kappa shape index (κ1) is 14.7. The van der Waals surface area contributed by atoms with Crippen LogP contribution in [0.4, 0.5) is 11.4 Å². The van der Waals surface area contributed by atoms with Gasteiger partial charge in [0, 0.05) is 11.3 Å². The molecule has 0 aliphatic carbocycles. The Kier molecular flexibility index (Phi) is 4.33. The third-order valence-corrected chi connectivity index (χ3v) is 3.15. The van der Waals surface area contributed by atoms with Crippen molar-refractivity contribution in [2.45, 2.75) is 19.8 Å². The van der Waals surface area contributed by atoms with E-state index in [-0.39, 0.29) is 17.2 Å². The Morgan fingerprint density at radius 1 is 1.10 bits per heavy atom. The molecule has 0 spiro atoms. The van der Waals surface area contributed by atoms with Gasteiger partial charge in [0.25, 0.3) is 11.6 Å². The second-order valence-electron chi connectivity index (χ2n) is 4.98. The smallest absolute Gasteiger partial charge is 0.285 e. The summed E-state index contributed by atoms with van der Waals surface area (Å²) in [4.78, 5) is 23.1. The van der Waals surface area contributed by atoms with E-state index in [9.17, 15) is 14.9 Å². The van der Waals surface area contributed by atoms with Crippen LogP contribution in [-0.4, -0.2) is 10.8 Å². The van der Waals surface area contributed by atoms with Crippen LogP contribution in [0, 0.1) is 10.1 Å². The molecule has 0 heterocycles. The number of nitrogens with zero attached hydrogens (tertiary/aromatic N) is 1. The molecule has 21 heavy (non-hydrogen) atoms. The van der Waals surface area contributed by atoms with E-state index in [2.05, 4.69) is 5.32 Å². The quantitative estimate of drug-likeness (QED) is 0.682. The van der Waals surface area contributed by atoms with Gasteiger partial charge in [-0.3, -0.25) is 14.9 Å². The Balaban J connectivity index is 2.41. The lowest BCUT2D eigenvalue weighted by Gasteiger charge is -2.10. The molecule has 108 valence electrons. The summed E-state index contributed by atoms with van der Waals surface area (Å²) in [5.74, 6) is -0.509. The summed E-state index contributed by atoms with van der Waals surface area (Å²) in [6.45, 7) is 3.72. The van der Waals surface area contributed by atoms with E-state index < -0.39 is 10.8 Å². The maximum absolute atomic E-state index is 12.3. The summed E-state index contributed by atoms with van der Waals surface area (Å²) in [7, 11) is 0. The largest absolute Gasteiger partial charge is 0.322 e. The van der Waals surface area contributed by atoms with Gasteiger partial charge in [-0.05, 0) is 24.1 Å². The average Bonchev–Trinajstić information content (AvgIpc) is 2.47. The number of amides is 1. The molecule has 2 aromatic carbocycles. The molecular weight excluding hydrogens is 268 g/mol. The Morgan fingerprint density at radius 3 is 2.33 bits per heavy atom. The molecule has 1 N–H and O–H groups in total. The maximum atomic E-state index is 12.3. The number of carbonyl (C=O) groups excluding carboxylic acids is 1. The standard InChI is InChI=1S/C16H16N2O3/c1-11(2)13-9-6-10-14(15(13)18(20)21)16(19)17-12-7-4-3-5-8-12/h3-11H,1-2H3,(H,17,19). The topological polar surface area (TPSA) is 72.2 Å². The number of nitrogens with one attached hydrogen (secondary N) is 1. The zero-order valence-corrected chi connectivity index (χ0v) is 11.9. The second-order valence-corrected chi connectivity index (χ2v) is 4.98. The fourth-order valence-electron chi connectivity index (χ4n) is 2.13. The van der Waals surface area contributed by atoms with Gasteiger partial charge in [-0.25, -0.2) is 0 Å². The van der Waals surface area contributed by atoms with E-state index in [0.29, 0.717) is 11.3 Å². The van der Waals surface area contributed by atoms with E-state index in [4.69, 9.17) is 0 Å². The Labute approximate surface area is 122 Å². The Morgan fingerprint density at radius 2 is 1.76 bits per heavy atom. The van der Waals surface area contributed by atoms with E-state index in [1.807, 2.05) is 19.9 Å². The summed E-state index contributed by atoms with van der Waals surface area (Å²) in [5.41, 5.74) is 1.11. The van der Waals surface area contributed by atoms with Crippen molar-refractivity contribution in [3.8, 4) is 0 Å². The molecule has 1 amide bonds. The minimum atomic E-state index is -0.491. The molecule has 2 rings (SSSR count). The van der Waals surface area contributed by atoms with Crippen LogP contribution in [-0.2, 0) is 0 Å². The predicted octanol–water partition coefficient (Wildman–Crippen LogP) is 3.97. The second kappa shape index (κ2) is 6.17.